The third-order valence-corrected chi connectivity index (χ3v) is 8.18. The molecule has 1 aromatic rings. The van der Waals surface area contributed by atoms with Gasteiger partial charge in [-0.15, -0.1) is 0 Å². The largest absolute Gasteiger partial charge is 0.316 e. The number of nitrogens with one attached hydrogen (secondary N) is 2. The first-order valence-corrected chi connectivity index (χ1v) is 13.3. The van der Waals surface area contributed by atoms with Gasteiger partial charge in [0, 0.05) is 19.5 Å². The van der Waals surface area contributed by atoms with Gasteiger partial charge < -0.3 is 5.32 Å². The van der Waals surface area contributed by atoms with E-state index in [9.17, 15) is 19.2 Å². The summed E-state index contributed by atoms with van der Waals surface area (Å²) in [5.41, 5.74) is 1.64. The van der Waals surface area contributed by atoms with Gasteiger partial charge in [0.15, 0.2) is 0 Å². The molecule has 4 amide bonds. The normalized spacial score (nSPS) is 27.8. The molecule has 4 heterocycles. The van der Waals surface area contributed by atoms with Crippen LogP contribution in [-0.2, 0) is 16.1 Å². The standard InChI is InChI=1S/C27H36N4O4/c32-23-12-11-22(25(33)29-23)31-26(34)21-10-2-9-20(24(21)27(31)35)17-30-14-4-8-19(16-30)6-1-5-18-7-3-13-28-15-18/h2,9-10,18-19,22,28H,1,3-8,11-17H2,(H,29,32,33). The number of likely N-dealkylation sites (tertiary alicyclic amines) is 1. The maximum absolute atomic E-state index is 13.4. The molecule has 0 spiro atoms. The Morgan fingerprint density at radius 3 is 2.57 bits per heavy atom. The number of hydrogen-bond acceptors (Lipinski definition) is 6. The second kappa shape index (κ2) is 10.6. The Bertz CT molecular complexity index is 1000. The molecule has 0 aliphatic carbocycles. The highest BCUT2D eigenvalue weighted by molar-refractivity contribution is 6.24. The summed E-state index contributed by atoms with van der Waals surface area (Å²) in [5.74, 6) is -0.279. The van der Waals surface area contributed by atoms with Crippen LogP contribution in [0, 0.1) is 11.8 Å². The molecule has 3 unspecified atom stereocenters. The van der Waals surface area contributed by atoms with Crippen molar-refractivity contribution >= 4 is 23.6 Å². The average molecular weight is 481 g/mol. The minimum absolute atomic E-state index is 0.128. The van der Waals surface area contributed by atoms with Crippen molar-refractivity contribution in [2.45, 2.75) is 70.4 Å². The zero-order valence-corrected chi connectivity index (χ0v) is 20.4. The molecule has 4 aliphatic heterocycles. The van der Waals surface area contributed by atoms with Crippen LogP contribution in [0.1, 0.15) is 84.1 Å². The maximum atomic E-state index is 13.4. The number of amides is 4. The van der Waals surface area contributed by atoms with E-state index in [2.05, 4.69) is 15.5 Å². The molecule has 0 aromatic heterocycles. The molecule has 35 heavy (non-hydrogen) atoms. The molecule has 3 fully saturated rings. The van der Waals surface area contributed by atoms with E-state index in [1.165, 1.54) is 45.1 Å². The number of carbonyl (C=O) groups is 4. The third-order valence-electron chi connectivity index (χ3n) is 8.18. The monoisotopic (exact) mass is 480 g/mol. The van der Waals surface area contributed by atoms with Gasteiger partial charge in [0.2, 0.25) is 11.8 Å². The molecule has 0 radical (unpaired) electrons. The van der Waals surface area contributed by atoms with Crippen LogP contribution in [0.2, 0.25) is 0 Å². The van der Waals surface area contributed by atoms with E-state index in [-0.39, 0.29) is 18.7 Å². The molecule has 188 valence electrons. The minimum Gasteiger partial charge on any atom is -0.316 e. The predicted octanol–water partition coefficient (Wildman–Crippen LogP) is 2.47. The highest BCUT2D eigenvalue weighted by Gasteiger charge is 2.45. The number of piperidine rings is 3. The van der Waals surface area contributed by atoms with Crippen LogP contribution in [0.25, 0.3) is 0 Å². The molecular formula is C27H36N4O4. The Morgan fingerprint density at radius 2 is 1.77 bits per heavy atom. The lowest BCUT2D eigenvalue weighted by Gasteiger charge is -2.33. The first-order chi connectivity index (χ1) is 17.0. The van der Waals surface area contributed by atoms with Crippen molar-refractivity contribution in [3.05, 3.63) is 34.9 Å². The second-order valence-corrected chi connectivity index (χ2v) is 10.7. The lowest BCUT2D eigenvalue weighted by Crippen LogP contribution is -2.54. The topological polar surface area (TPSA) is 98.8 Å². The number of fused-ring (bicyclic) bond motifs is 1. The van der Waals surface area contributed by atoms with Crippen LogP contribution in [0.5, 0.6) is 0 Å². The first-order valence-electron chi connectivity index (χ1n) is 13.3. The van der Waals surface area contributed by atoms with E-state index >= 15 is 0 Å². The number of carbonyl (C=O) groups excluding carboxylic acids is 4. The summed E-state index contributed by atoms with van der Waals surface area (Å²) in [4.78, 5) is 53.9. The average Bonchev–Trinajstić information content (AvgIpc) is 3.11. The molecule has 3 atom stereocenters. The van der Waals surface area contributed by atoms with Gasteiger partial charge in [-0.2, -0.15) is 0 Å². The lowest BCUT2D eigenvalue weighted by atomic mass is 9.88. The summed E-state index contributed by atoms with van der Waals surface area (Å²) in [7, 11) is 0. The molecule has 5 rings (SSSR count). The number of nitrogens with zero attached hydrogens (tertiary/aromatic N) is 2. The zero-order chi connectivity index (χ0) is 24.4. The van der Waals surface area contributed by atoms with E-state index < -0.39 is 23.8 Å². The SMILES string of the molecule is O=C1CCC(N2C(=O)c3cccc(CN4CCCC(CCCC5CCCNC5)C4)c3C2=O)C(=O)N1. The molecule has 3 saturated heterocycles. The van der Waals surface area contributed by atoms with Crippen molar-refractivity contribution in [1.29, 1.82) is 0 Å². The summed E-state index contributed by atoms with van der Waals surface area (Å²) >= 11 is 0. The van der Waals surface area contributed by atoms with Crippen LogP contribution in [0.3, 0.4) is 0 Å². The zero-order valence-electron chi connectivity index (χ0n) is 20.4. The van der Waals surface area contributed by atoms with E-state index in [1.54, 1.807) is 6.07 Å². The van der Waals surface area contributed by atoms with Crippen molar-refractivity contribution in [1.82, 2.24) is 20.4 Å². The quantitative estimate of drug-likeness (QED) is 0.582. The van der Waals surface area contributed by atoms with Crippen LogP contribution in [0.4, 0.5) is 0 Å². The van der Waals surface area contributed by atoms with E-state index in [4.69, 9.17) is 0 Å². The first kappa shape index (κ1) is 24.1. The fraction of sp³-hybridized carbons (Fsp3) is 0.630. The van der Waals surface area contributed by atoms with Gasteiger partial charge in [0.25, 0.3) is 11.8 Å². The fourth-order valence-electron chi connectivity index (χ4n) is 6.35. The van der Waals surface area contributed by atoms with Crippen molar-refractivity contribution in [2.24, 2.45) is 11.8 Å². The highest BCUT2D eigenvalue weighted by atomic mass is 16.2. The molecule has 0 bridgehead atoms. The fourth-order valence-corrected chi connectivity index (χ4v) is 6.35. The number of benzene rings is 1. The van der Waals surface area contributed by atoms with Crippen molar-refractivity contribution in [3.63, 3.8) is 0 Å². The Balaban J connectivity index is 1.22. The van der Waals surface area contributed by atoms with Crippen LogP contribution < -0.4 is 10.6 Å². The Labute approximate surface area is 206 Å². The van der Waals surface area contributed by atoms with E-state index in [1.807, 2.05) is 12.1 Å². The van der Waals surface area contributed by atoms with Gasteiger partial charge in [0.05, 0.1) is 11.1 Å². The van der Waals surface area contributed by atoms with Gasteiger partial charge in [-0.05, 0) is 88.0 Å². The summed E-state index contributed by atoms with van der Waals surface area (Å²) in [6, 6.07) is 4.50. The van der Waals surface area contributed by atoms with Crippen molar-refractivity contribution in [2.75, 3.05) is 26.2 Å². The molecule has 8 nitrogen and oxygen atoms in total. The minimum atomic E-state index is -0.924. The smallest absolute Gasteiger partial charge is 0.262 e. The van der Waals surface area contributed by atoms with Crippen LogP contribution in [-0.4, -0.2) is 65.6 Å². The predicted molar refractivity (Wildman–Crippen MR) is 131 cm³/mol. The lowest BCUT2D eigenvalue weighted by molar-refractivity contribution is -0.136. The van der Waals surface area contributed by atoms with Gasteiger partial charge in [0.1, 0.15) is 6.04 Å². The highest BCUT2D eigenvalue weighted by Crippen LogP contribution is 2.32. The third kappa shape index (κ3) is 5.19. The summed E-state index contributed by atoms with van der Waals surface area (Å²) in [6.07, 6.45) is 9.20. The second-order valence-electron chi connectivity index (χ2n) is 10.7. The van der Waals surface area contributed by atoms with Crippen LogP contribution in [0.15, 0.2) is 18.2 Å². The Hall–Kier alpha value is -2.58. The molecular weight excluding hydrogens is 444 g/mol. The number of hydrogen-bond donors (Lipinski definition) is 2. The van der Waals surface area contributed by atoms with Crippen molar-refractivity contribution < 1.29 is 19.2 Å². The number of rotatable bonds is 7. The molecule has 0 saturated carbocycles. The molecule has 8 heteroatoms. The summed E-state index contributed by atoms with van der Waals surface area (Å²) in [6.45, 7) is 4.97. The van der Waals surface area contributed by atoms with Gasteiger partial charge in [-0.3, -0.25) is 34.3 Å². The van der Waals surface area contributed by atoms with E-state index in [0.717, 1.165) is 42.4 Å². The van der Waals surface area contributed by atoms with Crippen molar-refractivity contribution in [3.8, 4) is 0 Å². The summed E-state index contributed by atoms with van der Waals surface area (Å²) < 4.78 is 0. The van der Waals surface area contributed by atoms with E-state index in [0.29, 0.717) is 23.6 Å². The summed E-state index contributed by atoms with van der Waals surface area (Å²) in [5, 5.41) is 5.77. The van der Waals surface area contributed by atoms with Crippen LogP contribution >= 0.6 is 0 Å². The van der Waals surface area contributed by atoms with Gasteiger partial charge in [-0.25, -0.2) is 0 Å². The maximum Gasteiger partial charge on any atom is 0.262 e. The molecule has 4 aliphatic rings. The number of imide groups is 2. The molecule has 1 aromatic carbocycles. The Kier molecular flexibility index (Phi) is 7.29. The Morgan fingerprint density at radius 1 is 0.943 bits per heavy atom. The van der Waals surface area contributed by atoms with Gasteiger partial charge >= 0.3 is 0 Å². The molecule has 2 N–H and O–H groups in total. The van der Waals surface area contributed by atoms with Gasteiger partial charge in [-0.1, -0.05) is 18.6 Å².